The Balaban J connectivity index is 1.92. The van der Waals surface area contributed by atoms with E-state index in [9.17, 15) is 9.59 Å². The molecule has 8 heteroatoms. The molecule has 0 bridgehead atoms. The molecule has 0 saturated heterocycles. The van der Waals surface area contributed by atoms with Crippen LogP contribution in [0.15, 0.2) is 47.6 Å². The number of nitrogens with zero attached hydrogens (tertiary/aromatic N) is 1. The quantitative estimate of drug-likeness (QED) is 0.445. The van der Waals surface area contributed by atoms with E-state index in [4.69, 9.17) is 9.47 Å². The number of hydrazone groups is 1. The van der Waals surface area contributed by atoms with Gasteiger partial charge in [0.15, 0.2) is 11.5 Å². The van der Waals surface area contributed by atoms with Crippen molar-refractivity contribution in [3.63, 3.8) is 0 Å². The monoisotopic (exact) mass is 398 g/mol. The minimum Gasteiger partial charge on any atom is -0.493 e. The zero-order valence-electron chi connectivity index (χ0n) is 16.8. The van der Waals surface area contributed by atoms with Gasteiger partial charge in [-0.25, -0.2) is 10.2 Å². The van der Waals surface area contributed by atoms with Crippen molar-refractivity contribution < 1.29 is 19.1 Å². The zero-order chi connectivity index (χ0) is 21.1. The molecule has 0 radical (unpaired) electrons. The van der Waals surface area contributed by atoms with Crippen LogP contribution in [0.2, 0.25) is 0 Å². The van der Waals surface area contributed by atoms with Crippen LogP contribution in [0.4, 0.5) is 10.5 Å². The first-order chi connectivity index (χ1) is 14.1. The number of ether oxygens (including phenoxy) is 2. The summed E-state index contributed by atoms with van der Waals surface area (Å²) in [6.45, 7) is 5.01. The Morgan fingerprint density at radius 2 is 1.83 bits per heavy atom. The lowest BCUT2D eigenvalue weighted by atomic mass is 10.2. The Bertz CT molecular complexity index is 850. The third-order valence-electron chi connectivity index (χ3n) is 3.81. The van der Waals surface area contributed by atoms with E-state index in [1.54, 1.807) is 43.5 Å². The molecule has 0 aromatic heterocycles. The van der Waals surface area contributed by atoms with Gasteiger partial charge in [0.25, 0.3) is 5.91 Å². The highest BCUT2D eigenvalue weighted by Crippen LogP contribution is 2.27. The van der Waals surface area contributed by atoms with Crippen molar-refractivity contribution >= 4 is 23.8 Å². The molecule has 0 spiro atoms. The number of methoxy groups -OCH3 is 1. The number of rotatable bonds is 9. The summed E-state index contributed by atoms with van der Waals surface area (Å²) in [5, 5.41) is 9.39. The number of nitrogens with one attached hydrogen (secondary N) is 3. The number of hydrogen-bond acceptors (Lipinski definition) is 5. The smallest absolute Gasteiger partial charge is 0.319 e. The molecule has 0 atom stereocenters. The molecule has 2 rings (SSSR count). The van der Waals surface area contributed by atoms with E-state index in [1.165, 1.54) is 6.21 Å². The van der Waals surface area contributed by atoms with E-state index in [2.05, 4.69) is 21.2 Å². The molecule has 2 aromatic carbocycles. The van der Waals surface area contributed by atoms with Crippen molar-refractivity contribution in [1.82, 2.24) is 10.7 Å². The fourth-order valence-electron chi connectivity index (χ4n) is 2.39. The first-order valence-electron chi connectivity index (χ1n) is 9.36. The first kappa shape index (κ1) is 21.7. The highest BCUT2D eigenvalue weighted by molar-refractivity contribution is 5.96. The lowest BCUT2D eigenvalue weighted by molar-refractivity contribution is 0.0955. The van der Waals surface area contributed by atoms with Crippen LogP contribution >= 0.6 is 0 Å². The molecule has 2 aromatic rings. The Labute approximate surface area is 170 Å². The van der Waals surface area contributed by atoms with Crippen molar-refractivity contribution in [2.45, 2.75) is 20.3 Å². The molecule has 0 saturated carbocycles. The zero-order valence-corrected chi connectivity index (χ0v) is 16.8. The molecule has 0 unspecified atom stereocenters. The van der Waals surface area contributed by atoms with Crippen molar-refractivity contribution in [2.24, 2.45) is 5.10 Å². The molecule has 0 aliphatic heterocycles. The lowest BCUT2D eigenvalue weighted by Gasteiger charge is -2.09. The molecular formula is C21H26N4O4. The second-order valence-electron chi connectivity index (χ2n) is 6.00. The van der Waals surface area contributed by atoms with Gasteiger partial charge in [0.05, 0.1) is 19.9 Å². The van der Waals surface area contributed by atoms with E-state index in [0.29, 0.717) is 35.9 Å². The predicted molar refractivity (Wildman–Crippen MR) is 113 cm³/mol. The molecule has 0 heterocycles. The minimum atomic E-state index is -0.360. The number of hydrogen-bond donors (Lipinski definition) is 3. The van der Waals surface area contributed by atoms with Crippen molar-refractivity contribution in [3.8, 4) is 11.5 Å². The van der Waals surface area contributed by atoms with Crippen LogP contribution in [0.1, 0.15) is 36.2 Å². The summed E-state index contributed by atoms with van der Waals surface area (Å²) in [7, 11) is 1.56. The summed E-state index contributed by atoms with van der Waals surface area (Å²) in [6.07, 6.45) is 2.38. The van der Waals surface area contributed by atoms with Crippen LogP contribution in [-0.4, -0.2) is 38.4 Å². The Hall–Kier alpha value is -3.55. The van der Waals surface area contributed by atoms with Crippen LogP contribution < -0.4 is 25.5 Å². The molecule has 8 nitrogen and oxygen atoms in total. The number of carbonyl (C=O) groups excluding carboxylic acids is 2. The fourth-order valence-corrected chi connectivity index (χ4v) is 2.39. The minimum absolute atomic E-state index is 0.278. The summed E-state index contributed by atoms with van der Waals surface area (Å²) in [5.74, 6) is 0.877. The molecule has 0 aliphatic carbocycles. The largest absolute Gasteiger partial charge is 0.493 e. The molecule has 0 fully saturated rings. The topological polar surface area (TPSA) is 101 Å². The van der Waals surface area contributed by atoms with Gasteiger partial charge in [0, 0.05) is 17.8 Å². The van der Waals surface area contributed by atoms with Gasteiger partial charge in [-0.1, -0.05) is 6.92 Å². The van der Waals surface area contributed by atoms with Gasteiger partial charge in [0.2, 0.25) is 0 Å². The maximum atomic E-state index is 12.2. The number of urea groups is 1. The second-order valence-corrected chi connectivity index (χ2v) is 6.00. The summed E-state index contributed by atoms with van der Waals surface area (Å²) in [4.78, 5) is 23.8. The van der Waals surface area contributed by atoms with Crippen molar-refractivity contribution in [2.75, 3.05) is 25.6 Å². The van der Waals surface area contributed by atoms with Gasteiger partial charge in [-0.3, -0.25) is 4.79 Å². The Morgan fingerprint density at radius 3 is 2.48 bits per heavy atom. The number of benzene rings is 2. The van der Waals surface area contributed by atoms with Crippen LogP contribution in [0.3, 0.4) is 0 Å². The van der Waals surface area contributed by atoms with E-state index < -0.39 is 0 Å². The highest BCUT2D eigenvalue weighted by atomic mass is 16.5. The van der Waals surface area contributed by atoms with Crippen LogP contribution in [0, 0.1) is 0 Å². The molecule has 29 heavy (non-hydrogen) atoms. The van der Waals surface area contributed by atoms with E-state index in [0.717, 1.165) is 12.0 Å². The first-order valence-corrected chi connectivity index (χ1v) is 9.36. The van der Waals surface area contributed by atoms with Crippen LogP contribution in [0.5, 0.6) is 11.5 Å². The average Bonchev–Trinajstić information content (AvgIpc) is 2.73. The number of carbonyl (C=O) groups is 2. The normalized spacial score (nSPS) is 10.4. The molecule has 3 amide bonds. The molecular weight excluding hydrogens is 372 g/mol. The highest BCUT2D eigenvalue weighted by Gasteiger charge is 2.07. The van der Waals surface area contributed by atoms with Gasteiger partial charge >= 0.3 is 6.03 Å². The van der Waals surface area contributed by atoms with Crippen molar-refractivity contribution in [3.05, 3.63) is 53.6 Å². The maximum absolute atomic E-state index is 12.2. The van der Waals surface area contributed by atoms with Gasteiger partial charge in [-0.2, -0.15) is 5.10 Å². The van der Waals surface area contributed by atoms with E-state index >= 15 is 0 Å². The third kappa shape index (κ3) is 6.84. The second kappa shape index (κ2) is 11.3. The standard InChI is InChI=1S/C21H26N4O4/c1-4-12-22-21(27)24-17-9-7-16(8-10-17)20(26)25-23-14-15-6-11-18(29-5-2)19(13-15)28-3/h6-11,13-14H,4-5,12H2,1-3H3,(H,25,26)(H2,22,24,27)/b23-14+. The molecule has 154 valence electrons. The third-order valence-corrected chi connectivity index (χ3v) is 3.81. The van der Waals surface area contributed by atoms with E-state index in [-0.39, 0.29) is 11.9 Å². The summed E-state index contributed by atoms with van der Waals surface area (Å²) in [6, 6.07) is 11.6. The van der Waals surface area contributed by atoms with Crippen LogP contribution in [0.25, 0.3) is 0 Å². The molecule has 0 aliphatic rings. The average molecular weight is 398 g/mol. The summed E-state index contributed by atoms with van der Waals surface area (Å²) >= 11 is 0. The van der Waals surface area contributed by atoms with Crippen molar-refractivity contribution in [1.29, 1.82) is 0 Å². The molecule has 3 N–H and O–H groups in total. The van der Waals surface area contributed by atoms with Gasteiger partial charge in [0.1, 0.15) is 0 Å². The SMILES string of the molecule is CCCNC(=O)Nc1ccc(C(=O)N/N=C/c2ccc(OCC)c(OC)c2)cc1. The summed E-state index contributed by atoms with van der Waals surface area (Å²) in [5.41, 5.74) is 4.24. The number of amides is 3. The Morgan fingerprint density at radius 1 is 1.07 bits per heavy atom. The van der Waals surface area contributed by atoms with Gasteiger partial charge < -0.3 is 20.1 Å². The number of anilines is 1. The fraction of sp³-hybridized carbons (Fsp3) is 0.286. The van der Waals surface area contributed by atoms with Gasteiger partial charge in [-0.05, 0) is 61.4 Å². The summed E-state index contributed by atoms with van der Waals surface area (Å²) < 4.78 is 10.8. The van der Waals surface area contributed by atoms with Crippen LogP contribution in [-0.2, 0) is 0 Å². The Kier molecular flexibility index (Phi) is 8.50. The van der Waals surface area contributed by atoms with E-state index in [1.807, 2.05) is 19.9 Å². The van der Waals surface area contributed by atoms with Gasteiger partial charge in [-0.15, -0.1) is 0 Å². The maximum Gasteiger partial charge on any atom is 0.319 e. The lowest BCUT2D eigenvalue weighted by Crippen LogP contribution is -2.29. The predicted octanol–water partition coefficient (Wildman–Crippen LogP) is 3.39.